The summed E-state index contributed by atoms with van der Waals surface area (Å²) in [5, 5.41) is 9.78. The molecule has 0 aliphatic carbocycles. The summed E-state index contributed by atoms with van der Waals surface area (Å²) in [6.07, 6.45) is 9.96. The number of aryl methyl sites for hydroxylation is 1. The summed E-state index contributed by atoms with van der Waals surface area (Å²) in [5.74, 6) is 2.54. The van der Waals surface area contributed by atoms with Gasteiger partial charge in [0.25, 0.3) is 0 Å². The molecule has 4 aromatic heterocycles. The minimum absolute atomic E-state index is 0.132. The van der Waals surface area contributed by atoms with Crippen molar-refractivity contribution in [1.82, 2.24) is 39.6 Å². The van der Waals surface area contributed by atoms with Crippen LogP contribution in [0.15, 0.2) is 17.8 Å². The first-order valence-electron chi connectivity index (χ1n) is 12.7. The summed E-state index contributed by atoms with van der Waals surface area (Å²) in [7, 11) is 0. The minimum atomic E-state index is 0.132. The summed E-state index contributed by atoms with van der Waals surface area (Å²) >= 11 is 7.68. The van der Waals surface area contributed by atoms with Crippen molar-refractivity contribution in [2.24, 2.45) is 5.92 Å². The largest absolute Gasteiger partial charge is 0.368 e. The number of piperidine rings is 2. The Morgan fingerprint density at radius 1 is 1.05 bits per heavy atom. The number of nitrogens with zero attached hydrogens (tertiary/aromatic N) is 9. The zero-order chi connectivity index (χ0) is 25.4. The van der Waals surface area contributed by atoms with Crippen LogP contribution in [0.1, 0.15) is 37.7 Å². The van der Waals surface area contributed by atoms with Crippen LogP contribution in [0.2, 0.25) is 5.28 Å². The molecule has 0 saturated carbocycles. The van der Waals surface area contributed by atoms with Crippen LogP contribution in [-0.2, 0) is 0 Å². The lowest BCUT2D eigenvalue weighted by Gasteiger charge is -2.36. The molecule has 11 nitrogen and oxygen atoms in total. The van der Waals surface area contributed by atoms with Gasteiger partial charge in [0.2, 0.25) is 23.1 Å². The van der Waals surface area contributed by atoms with E-state index in [1.165, 1.54) is 67.8 Å². The lowest BCUT2D eigenvalue weighted by Crippen LogP contribution is -2.40. The number of nitrogens with two attached hydrogens (primary N) is 1. The van der Waals surface area contributed by atoms with E-state index in [9.17, 15) is 0 Å². The van der Waals surface area contributed by atoms with Gasteiger partial charge in [0.05, 0.1) is 28.3 Å². The molecule has 0 amide bonds. The molecular formula is C24H30ClN11S. The summed E-state index contributed by atoms with van der Waals surface area (Å²) in [6, 6.07) is 0. The molecule has 0 unspecified atom stereocenters. The highest BCUT2D eigenvalue weighted by Crippen LogP contribution is 2.31. The Labute approximate surface area is 224 Å². The average molecular weight is 540 g/mol. The monoisotopic (exact) mass is 539 g/mol. The molecule has 2 fully saturated rings. The van der Waals surface area contributed by atoms with Crippen LogP contribution in [0.3, 0.4) is 0 Å². The quantitative estimate of drug-likeness (QED) is 0.346. The minimum Gasteiger partial charge on any atom is -0.368 e. The molecule has 194 valence electrons. The fourth-order valence-electron chi connectivity index (χ4n) is 5.17. The van der Waals surface area contributed by atoms with Crippen molar-refractivity contribution in [3.05, 3.63) is 28.6 Å². The SMILES string of the molecule is Cc1csc2c(-n3nc(Nc4cnc(N5CCC(CN6CCCCC6)CC5)nc4)nc3N)nc(Cl)nc12. The number of thiophene rings is 1. The number of aromatic nitrogens is 7. The Hall–Kier alpha value is -3.09. The molecule has 37 heavy (non-hydrogen) atoms. The van der Waals surface area contributed by atoms with Crippen LogP contribution in [0.5, 0.6) is 0 Å². The Morgan fingerprint density at radius 2 is 1.81 bits per heavy atom. The molecule has 0 radical (unpaired) electrons. The number of likely N-dealkylation sites (tertiary alicyclic amines) is 1. The van der Waals surface area contributed by atoms with E-state index in [0.717, 1.165) is 40.7 Å². The smallest absolute Gasteiger partial charge is 0.248 e. The fraction of sp³-hybridized carbons (Fsp3) is 0.500. The van der Waals surface area contributed by atoms with Crippen molar-refractivity contribution < 1.29 is 0 Å². The van der Waals surface area contributed by atoms with Gasteiger partial charge in [-0.3, -0.25) is 0 Å². The molecule has 0 atom stereocenters. The normalized spacial score (nSPS) is 17.5. The third kappa shape index (κ3) is 5.18. The van der Waals surface area contributed by atoms with Gasteiger partial charge in [-0.2, -0.15) is 14.6 Å². The van der Waals surface area contributed by atoms with E-state index in [0.29, 0.717) is 17.5 Å². The van der Waals surface area contributed by atoms with Crippen molar-refractivity contribution in [3.8, 4) is 5.82 Å². The first-order valence-corrected chi connectivity index (χ1v) is 14.0. The molecule has 3 N–H and O–H groups in total. The van der Waals surface area contributed by atoms with Gasteiger partial charge in [-0.15, -0.1) is 16.4 Å². The van der Waals surface area contributed by atoms with Crippen molar-refractivity contribution in [2.45, 2.75) is 39.0 Å². The summed E-state index contributed by atoms with van der Waals surface area (Å²) in [6.45, 7) is 7.73. The first-order chi connectivity index (χ1) is 18.0. The maximum atomic E-state index is 6.18. The van der Waals surface area contributed by atoms with Gasteiger partial charge in [0, 0.05) is 19.6 Å². The van der Waals surface area contributed by atoms with Gasteiger partial charge in [-0.1, -0.05) is 6.42 Å². The van der Waals surface area contributed by atoms with Gasteiger partial charge in [-0.25, -0.2) is 15.0 Å². The van der Waals surface area contributed by atoms with Gasteiger partial charge in [0.1, 0.15) is 0 Å². The molecule has 2 aliphatic rings. The van der Waals surface area contributed by atoms with Crippen LogP contribution in [0, 0.1) is 12.8 Å². The van der Waals surface area contributed by atoms with Crippen molar-refractivity contribution in [2.75, 3.05) is 48.7 Å². The van der Waals surface area contributed by atoms with Crippen molar-refractivity contribution >= 4 is 56.7 Å². The molecule has 2 saturated heterocycles. The predicted molar refractivity (Wildman–Crippen MR) is 147 cm³/mol. The summed E-state index contributed by atoms with van der Waals surface area (Å²) in [5.41, 5.74) is 8.66. The Bertz CT molecular complexity index is 1370. The Kier molecular flexibility index (Phi) is 6.78. The fourth-order valence-corrected chi connectivity index (χ4v) is 6.29. The number of fused-ring (bicyclic) bond motifs is 1. The molecule has 6 rings (SSSR count). The second-order valence-corrected chi connectivity index (χ2v) is 11.0. The zero-order valence-corrected chi connectivity index (χ0v) is 22.3. The highest BCUT2D eigenvalue weighted by atomic mass is 35.5. The van der Waals surface area contributed by atoms with E-state index in [2.05, 4.69) is 45.1 Å². The molecule has 4 aromatic rings. The highest BCUT2D eigenvalue weighted by molar-refractivity contribution is 7.17. The number of hydrogen-bond donors (Lipinski definition) is 2. The van der Waals surface area contributed by atoms with Crippen LogP contribution >= 0.6 is 22.9 Å². The van der Waals surface area contributed by atoms with E-state index in [-0.39, 0.29) is 11.2 Å². The Morgan fingerprint density at radius 3 is 2.57 bits per heavy atom. The van der Waals surface area contributed by atoms with Crippen LogP contribution in [0.25, 0.3) is 16.0 Å². The summed E-state index contributed by atoms with van der Waals surface area (Å²) in [4.78, 5) is 27.1. The number of rotatable bonds is 6. The highest BCUT2D eigenvalue weighted by Gasteiger charge is 2.24. The third-order valence-corrected chi connectivity index (χ3v) is 8.39. The second-order valence-electron chi connectivity index (χ2n) is 9.81. The molecule has 0 bridgehead atoms. The predicted octanol–water partition coefficient (Wildman–Crippen LogP) is 4.05. The number of hydrogen-bond acceptors (Lipinski definition) is 11. The van der Waals surface area contributed by atoms with E-state index in [1.54, 1.807) is 12.4 Å². The number of nitrogens with one attached hydrogen (secondary N) is 1. The lowest BCUT2D eigenvalue weighted by atomic mass is 9.95. The standard InChI is InChI=1S/C24H30ClN11S/c1-15-14-37-19-18(15)30-21(25)31-20(19)36-22(26)32-23(33-36)29-17-11-27-24(28-12-17)35-9-5-16(6-10-35)13-34-7-3-2-4-8-34/h11-12,14,16H,2-10,13H2,1H3,(H3,26,29,32,33). The molecular weight excluding hydrogens is 510 g/mol. The van der Waals surface area contributed by atoms with Gasteiger partial charge < -0.3 is 20.9 Å². The van der Waals surface area contributed by atoms with E-state index < -0.39 is 0 Å². The molecule has 2 aliphatic heterocycles. The van der Waals surface area contributed by atoms with Crippen LogP contribution in [-0.4, -0.2) is 72.3 Å². The number of anilines is 4. The molecule has 13 heteroatoms. The number of nitrogen functional groups attached to an aromatic ring is 1. The maximum Gasteiger partial charge on any atom is 0.248 e. The third-order valence-electron chi connectivity index (χ3n) is 7.14. The van der Waals surface area contributed by atoms with Gasteiger partial charge in [0.15, 0.2) is 5.82 Å². The average Bonchev–Trinajstić information content (AvgIpc) is 3.47. The first kappa shape index (κ1) is 24.3. The van der Waals surface area contributed by atoms with Gasteiger partial charge >= 0.3 is 0 Å². The molecule has 0 spiro atoms. The van der Waals surface area contributed by atoms with E-state index in [4.69, 9.17) is 17.3 Å². The summed E-state index contributed by atoms with van der Waals surface area (Å²) < 4.78 is 2.31. The maximum absolute atomic E-state index is 6.18. The van der Waals surface area contributed by atoms with Gasteiger partial charge in [-0.05, 0) is 74.2 Å². The van der Waals surface area contributed by atoms with Crippen molar-refractivity contribution in [3.63, 3.8) is 0 Å². The Balaban J connectivity index is 1.10. The van der Waals surface area contributed by atoms with Crippen LogP contribution in [0.4, 0.5) is 23.5 Å². The lowest BCUT2D eigenvalue weighted by molar-refractivity contribution is 0.181. The molecule has 6 heterocycles. The number of halogens is 1. The second kappa shape index (κ2) is 10.3. The van der Waals surface area contributed by atoms with Crippen LogP contribution < -0.4 is 16.0 Å². The zero-order valence-electron chi connectivity index (χ0n) is 20.8. The van der Waals surface area contributed by atoms with E-state index >= 15 is 0 Å². The van der Waals surface area contributed by atoms with E-state index in [1.807, 2.05) is 12.3 Å². The molecule has 0 aromatic carbocycles. The van der Waals surface area contributed by atoms with Crippen molar-refractivity contribution in [1.29, 1.82) is 0 Å². The topological polar surface area (TPSA) is 127 Å².